The van der Waals surface area contributed by atoms with Crippen LogP contribution >= 0.6 is 0 Å². The third-order valence-corrected chi connectivity index (χ3v) is 5.76. The highest BCUT2D eigenvalue weighted by Gasteiger charge is 2.21. The van der Waals surface area contributed by atoms with Gasteiger partial charge in [0.2, 0.25) is 0 Å². The third kappa shape index (κ3) is 4.02. The average Bonchev–Trinajstić information content (AvgIpc) is 2.58. The van der Waals surface area contributed by atoms with Crippen LogP contribution in [0.1, 0.15) is 5.56 Å². The first-order chi connectivity index (χ1) is 13.0. The minimum atomic E-state index is -4.71. The molecule has 0 heterocycles. The smallest absolute Gasteiger partial charge is 0.295 e. The van der Waals surface area contributed by atoms with Crippen molar-refractivity contribution in [1.82, 2.24) is 0 Å². The van der Waals surface area contributed by atoms with Gasteiger partial charge in [-0.15, -0.1) is 0 Å². The van der Waals surface area contributed by atoms with Crippen LogP contribution in [-0.4, -0.2) is 25.9 Å². The van der Waals surface area contributed by atoms with E-state index >= 15 is 0 Å². The lowest BCUT2D eigenvalue weighted by Gasteiger charge is -2.09. The summed E-state index contributed by atoms with van der Waals surface area (Å²) in [5, 5.41) is 7.76. The van der Waals surface area contributed by atoms with Gasteiger partial charge in [0.05, 0.1) is 11.4 Å². The Bertz CT molecular complexity index is 1330. The van der Waals surface area contributed by atoms with Crippen LogP contribution in [0.15, 0.2) is 68.6 Å². The molecule has 0 saturated carbocycles. The number of benzene rings is 3. The van der Waals surface area contributed by atoms with E-state index in [2.05, 4.69) is 10.2 Å². The molecule has 0 spiro atoms. The van der Waals surface area contributed by atoms with Gasteiger partial charge in [-0.2, -0.15) is 27.1 Å². The van der Waals surface area contributed by atoms with Crippen molar-refractivity contribution < 1.29 is 25.9 Å². The molecule has 0 atom stereocenters. The van der Waals surface area contributed by atoms with Crippen LogP contribution in [0.4, 0.5) is 17.1 Å². The van der Waals surface area contributed by atoms with Gasteiger partial charge >= 0.3 is 0 Å². The van der Waals surface area contributed by atoms with Gasteiger partial charge < -0.3 is 5.73 Å². The van der Waals surface area contributed by atoms with Gasteiger partial charge in [-0.05, 0) is 48.9 Å². The maximum atomic E-state index is 11.8. The second-order valence-electron chi connectivity index (χ2n) is 5.99. The maximum absolute atomic E-state index is 11.8. The van der Waals surface area contributed by atoms with Crippen LogP contribution in [0.5, 0.6) is 0 Å². The summed E-state index contributed by atoms with van der Waals surface area (Å²) in [5.74, 6) is 0. The number of anilines is 1. The summed E-state index contributed by atoms with van der Waals surface area (Å²) in [4.78, 5) is -1.07. The Balaban J connectivity index is 2.28. The van der Waals surface area contributed by atoms with E-state index in [0.717, 1.165) is 17.7 Å². The minimum absolute atomic E-state index is 0.0348. The zero-order valence-corrected chi connectivity index (χ0v) is 16.1. The van der Waals surface area contributed by atoms with Crippen LogP contribution in [0, 0.1) is 6.92 Å². The Labute approximate surface area is 161 Å². The molecular weight excluding hydrogens is 406 g/mol. The molecule has 0 fully saturated rings. The summed E-state index contributed by atoms with van der Waals surface area (Å²) < 4.78 is 65.8. The highest BCUT2D eigenvalue weighted by Crippen LogP contribution is 2.34. The first-order valence-corrected chi connectivity index (χ1v) is 10.6. The van der Waals surface area contributed by atoms with Gasteiger partial charge in [0.15, 0.2) is 0 Å². The number of nitrogens with two attached hydrogens (primary N) is 1. The quantitative estimate of drug-likeness (QED) is 0.329. The Morgan fingerprint density at radius 1 is 0.821 bits per heavy atom. The van der Waals surface area contributed by atoms with Gasteiger partial charge in [-0.25, -0.2) is 0 Å². The summed E-state index contributed by atoms with van der Waals surface area (Å²) in [7, 11) is -9.36. The van der Waals surface area contributed by atoms with Crippen LogP contribution in [0.2, 0.25) is 0 Å². The molecular formula is C17H15N3O6S2. The number of nitrogen functional groups attached to an aromatic ring is 1. The van der Waals surface area contributed by atoms with Gasteiger partial charge in [0, 0.05) is 16.5 Å². The Morgan fingerprint density at radius 3 is 2.11 bits per heavy atom. The third-order valence-electron chi connectivity index (χ3n) is 3.95. The number of hydrogen-bond acceptors (Lipinski definition) is 7. The summed E-state index contributed by atoms with van der Waals surface area (Å²) >= 11 is 0. The molecule has 11 heteroatoms. The van der Waals surface area contributed by atoms with E-state index in [1.165, 1.54) is 18.2 Å². The van der Waals surface area contributed by atoms with E-state index in [0.29, 0.717) is 11.4 Å². The lowest BCUT2D eigenvalue weighted by molar-refractivity contribution is 0.481. The molecule has 146 valence electrons. The monoisotopic (exact) mass is 421 g/mol. The first kappa shape index (κ1) is 19.9. The molecule has 0 unspecified atom stereocenters. The van der Waals surface area contributed by atoms with Crippen molar-refractivity contribution in [3.8, 4) is 0 Å². The van der Waals surface area contributed by atoms with Gasteiger partial charge in [0.1, 0.15) is 9.79 Å². The normalized spacial score (nSPS) is 12.7. The zero-order valence-electron chi connectivity index (χ0n) is 14.4. The molecule has 0 saturated heterocycles. The summed E-state index contributed by atoms with van der Waals surface area (Å²) in [6.45, 7) is 1.76. The molecule has 4 N–H and O–H groups in total. The molecule has 0 aromatic heterocycles. The number of rotatable bonds is 4. The molecule has 0 bridgehead atoms. The van der Waals surface area contributed by atoms with Crippen LogP contribution in [0.25, 0.3) is 10.8 Å². The fraction of sp³-hybridized carbons (Fsp3) is 0.0588. The zero-order chi connectivity index (χ0) is 20.7. The molecule has 9 nitrogen and oxygen atoms in total. The van der Waals surface area contributed by atoms with Crippen LogP contribution in [0.3, 0.4) is 0 Å². The van der Waals surface area contributed by atoms with Crippen molar-refractivity contribution in [3.63, 3.8) is 0 Å². The number of azo groups is 1. The van der Waals surface area contributed by atoms with Gasteiger partial charge in [0.25, 0.3) is 20.2 Å². The molecule has 0 aliphatic carbocycles. The largest absolute Gasteiger partial charge is 0.399 e. The number of fused-ring (bicyclic) bond motifs is 1. The summed E-state index contributed by atoms with van der Waals surface area (Å²) in [6, 6.07) is 10.9. The van der Waals surface area contributed by atoms with E-state index in [4.69, 9.17) is 5.73 Å². The summed E-state index contributed by atoms with van der Waals surface area (Å²) in [6.07, 6.45) is 0. The second-order valence-corrected chi connectivity index (χ2v) is 8.77. The Kier molecular flexibility index (Phi) is 4.93. The van der Waals surface area contributed by atoms with E-state index in [9.17, 15) is 25.9 Å². The Morgan fingerprint density at radius 2 is 1.50 bits per heavy atom. The predicted molar refractivity (Wildman–Crippen MR) is 103 cm³/mol. The molecule has 3 aromatic rings. The second kappa shape index (κ2) is 6.95. The van der Waals surface area contributed by atoms with Crippen LogP contribution < -0.4 is 5.73 Å². The molecule has 0 aliphatic rings. The van der Waals surface area contributed by atoms with Gasteiger partial charge in [-0.3, -0.25) is 9.11 Å². The molecule has 0 aliphatic heterocycles. The highest BCUT2D eigenvalue weighted by atomic mass is 32.2. The molecule has 28 heavy (non-hydrogen) atoms. The lowest BCUT2D eigenvalue weighted by Crippen LogP contribution is -2.03. The lowest BCUT2D eigenvalue weighted by atomic mass is 10.1. The average molecular weight is 421 g/mol. The number of hydrogen-bond donors (Lipinski definition) is 3. The van der Waals surface area contributed by atoms with Crippen molar-refractivity contribution in [1.29, 1.82) is 0 Å². The summed E-state index contributed by atoms with van der Waals surface area (Å²) in [5.41, 5.74) is 7.36. The molecule has 3 rings (SSSR count). The SMILES string of the molecule is Cc1cc(N)ccc1N=Nc1cc(S(=O)(=O)O)c2cccc(S(=O)(=O)O)c2c1. The number of aryl methyl sites for hydroxylation is 1. The standard InChI is InChI=1S/C17H15N3O6S2/c1-10-7-11(18)5-6-15(10)20-19-12-8-14-13(17(9-12)28(24,25)26)3-2-4-16(14)27(21,22)23/h2-9H,18H2,1H3,(H,21,22,23)(H,24,25,26). The number of nitrogens with zero attached hydrogens (tertiary/aromatic N) is 2. The van der Waals surface area contributed by atoms with Crippen molar-refractivity contribution in [3.05, 3.63) is 54.1 Å². The fourth-order valence-corrected chi connectivity index (χ4v) is 4.13. The first-order valence-electron chi connectivity index (χ1n) is 7.76. The molecule has 0 amide bonds. The van der Waals surface area contributed by atoms with E-state index < -0.39 is 30.0 Å². The van der Waals surface area contributed by atoms with E-state index in [1.807, 2.05) is 0 Å². The minimum Gasteiger partial charge on any atom is -0.399 e. The molecule has 3 aromatic carbocycles. The van der Waals surface area contributed by atoms with E-state index in [-0.39, 0.29) is 16.5 Å². The van der Waals surface area contributed by atoms with Crippen molar-refractivity contribution in [2.75, 3.05) is 5.73 Å². The van der Waals surface area contributed by atoms with Crippen LogP contribution in [-0.2, 0) is 20.2 Å². The van der Waals surface area contributed by atoms with Crippen molar-refractivity contribution in [2.24, 2.45) is 10.2 Å². The molecule has 0 radical (unpaired) electrons. The predicted octanol–water partition coefficient (Wildman–Crippen LogP) is 3.64. The van der Waals surface area contributed by atoms with E-state index in [1.54, 1.807) is 25.1 Å². The fourth-order valence-electron chi connectivity index (χ4n) is 2.71. The Hall–Kier alpha value is -2.86. The maximum Gasteiger partial charge on any atom is 0.295 e. The highest BCUT2D eigenvalue weighted by molar-refractivity contribution is 7.86. The van der Waals surface area contributed by atoms with Gasteiger partial charge in [-0.1, -0.05) is 12.1 Å². The topological polar surface area (TPSA) is 159 Å². The van der Waals surface area contributed by atoms with Crippen molar-refractivity contribution in [2.45, 2.75) is 16.7 Å². The van der Waals surface area contributed by atoms with Crippen molar-refractivity contribution >= 4 is 48.1 Å².